The Bertz CT molecular complexity index is 553. The van der Waals surface area contributed by atoms with Gasteiger partial charge in [0.25, 0.3) is 0 Å². The highest BCUT2D eigenvalue weighted by molar-refractivity contribution is 5.40. The molecule has 2 aromatic rings. The summed E-state index contributed by atoms with van der Waals surface area (Å²) in [5, 5.41) is 8.33. The highest BCUT2D eigenvalue weighted by atomic mass is 16.5. The summed E-state index contributed by atoms with van der Waals surface area (Å²) in [6, 6.07) is 8.15. The van der Waals surface area contributed by atoms with Crippen LogP contribution >= 0.6 is 0 Å². The lowest BCUT2D eigenvalue weighted by Crippen LogP contribution is -2.19. The maximum Gasteiger partial charge on any atom is 0.140 e. The second-order valence-corrected chi connectivity index (χ2v) is 4.60. The molecule has 0 spiro atoms. The predicted octanol–water partition coefficient (Wildman–Crippen LogP) is 1.84. The van der Waals surface area contributed by atoms with E-state index >= 15 is 0 Å². The Labute approximate surface area is 112 Å². The number of benzene rings is 1. The van der Waals surface area contributed by atoms with Crippen molar-refractivity contribution in [1.82, 2.24) is 14.8 Å². The Morgan fingerprint density at radius 3 is 3.21 bits per heavy atom. The first-order valence-electron chi connectivity index (χ1n) is 6.48. The van der Waals surface area contributed by atoms with Crippen LogP contribution in [0.3, 0.4) is 0 Å². The van der Waals surface area contributed by atoms with E-state index in [2.05, 4.69) is 20.8 Å². The van der Waals surface area contributed by atoms with Gasteiger partial charge in [0.2, 0.25) is 0 Å². The molecule has 1 unspecified atom stereocenters. The molecule has 0 saturated carbocycles. The first-order valence-corrected chi connectivity index (χ1v) is 6.48. The van der Waals surface area contributed by atoms with Crippen molar-refractivity contribution in [3.8, 4) is 5.75 Å². The minimum Gasteiger partial charge on any atom is -0.493 e. The molecule has 1 aromatic carbocycles. The molecule has 5 nitrogen and oxygen atoms in total. The number of fused-ring (bicyclic) bond motifs is 1. The van der Waals surface area contributed by atoms with Crippen molar-refractivity contribution in [2.75, 3.05) is 20.3 Å². The molecular weight excluding hydrogens is 242 g/mol. The monoisotopic (exact) mass is 259 g/mol. The van der Waals surface area contributed by atoms with Crippen LogP contribution in [0.2, 0.25) is 0 Å². The van der Waals surface area contributed by atoms with Gasteiger partial charge in [0.15, 0.2) is 0 Å². The molecule has 1 aliphatic rings. The minimum atomic E-state index is 0.254. The zero-order valence-corrected chi connectivity index (χ0v) is 11.0. The Kier molecular flexibility index (Phi) is 3.46. The van der Waals surface area contributed by atoms with Crippen LogP contribution < -0.4 is 4.74 Å². The summed E-state index contributed by atoms with van der Waals surface area (Å²) in [5.74, 6) is 2.21. The number of aromatic nitrogens is 3. The molecule has 19 heavy (non-hydrogen) atoms. The molecule has 100 valence electrons. The van der Waals surface area contributed by atoms with E-state index in [1.54, 1.807) is 13.4 Å². The number of para-hydroxylation sites is 1. The maximum absolute atomic E-state index is 5.69. The average Bonchev–Trinajstić information content (AvgIpc) is 2.92. The van der Waals surface area contributed by atoms with Crippen LogP contribution in [0.1, 0.15) is 23.7 Å². The van der Waals surface area contributed by atoms with Crippen LogP contribution in [0, 0.1) is 0 Å². The number of ether oxygens (including phenoxy) is 2. The van der Waals surface area contributed by atoms with Gasteiger partial charge in [-0.05, 0) is 12.5 Å². The van der Waals surface area contributed by atoms with Crippen LogP contribution in [0.4, 0.5) is 0 Å². The van der Waals surface area contributed by atoms with Gasteiger partial charge in [-0.1, -0.05) is 18.2 Å². The van der Waals surface area contributed by atoms with E-state index in [1.165, 1.54) is 5.56 Å². The van der Waals surface area contributed by atoms with E-state index in [-0.39, 0.29) is 5.92 Å². The van der Waals surface area contributed by atoms with Gasteiger partial charge in [-0.3, -0.25) is 0 Å². The van der Waals surface area contributed by atoms with E-state index in [1.807, 2.05) is 18.2 Å². The zero-order chi connectivity index (χ0) is 13.1. The highest BCUT2D eigenvalue weighted by Crippen LogP contribution is 2.36. The molecule has 0 N–H and O–H groups in total. The molecule has 3 rings (SSSR count). The smallest absolute Gasteiger partial charge is 0.140 e. The number of hydrogen-bond donors (Lipinski definition) is 0. The third kappa shape index (κ3) is 2.33. The molecule has 1 atom stereocenters. The van der Waals surface area contributed by atoms with Crippen molar-refractivity contribution in [3.63, 3.8) is 0 Å². The lowest BCUT2D eigenvalue weighted by atomic mass is 9.92. The van der Waals surface area contributed by atoms with Crippen molar-refractivity contribution in [2.45, 2.75) is 18.9 Å². The quantitative estimate of drug-likeness (QED) is 0.840. The fraction of sp³-hybridized carbons (Fsp3) is 0.429. The largest absolute Gasteiger partial charge is 0.493 e. The summed E-state index contributed by atoms with van der Waals surface area (Å²) in [4.78, 5) is 0. The van der Waals surface area contributed by atoms with Gasteiger partial charge < -0.3 is 14.0 Å². The third-order valence-corrected chi connectivity index (χ3v) is 3.45. The topological polar surface area (TPSA) is 49.2 Å². The van der Waals surface area contributed by atoms with Crippen molar-refractivity contribution < 1.29 is 9.47 Å². The molecule has 0 radical (unpaired) electrons. The van der Waals surface area contributed by atoms with Crippen LogP contribution in [0.25, 0.3) is 0 Å². The van der Waals surface area contributed by atoms with Crippen molar-refractivity contribution in [3.05, 3.63) is 42.0 Å². The molecule has 0 aliphatic carbocycles. The summed E-state index contributed by atoms with van der Waals surface area (Å²) in [5.41, 5.74) is 1.19. The van der Waals surface area contributed by atoms with Gasteiger partial charge in [0.1, 0.15) is 17.9 Å². The molecule has 0 bridgehead atoms. The SMILES string of the molecule is COCCn1cnnc1C1CCOc2ccccc21. The Morgan fingerprint density at radius 1 is 1.42 bits per heavy atom. The van der Waals surface area contributed by atoms with Gasteiger partial charge in [0.05, 0.1) is 19.1 Å². The average molecular weight is 259 g/mol. The highest BCUT2D eigenvalue weighted by Gasteiger charge is 2.26. The summed E-state index contributed by atoms with van der Waals surface area (Å²) >= 11 is 0. The normalized spacial score (nSPS) is 17.8. The first kappa shape index (κ1) is 12.2. The van der Waals surface area contributed by atoms with Crippen molar-refractivity contribution >= 4 is 0 Å². The van der Waals surface area contributed by atoms with Crippen LogP contribution in [0.15, 0.2) is 30.6 Å². The van der Waals surface area contributed by atoms with Crippen LogP contribution in [-0.4, -0.2) is 35.1 Å². The molecule has 2 heterocycles. The fourth-order valence-electron chi connectivity index (χ4n) is 2.51. The van der Waals surface area contributed by atoms with Gasteiger partial charge >= 0.3 is 0 Å². The van der Waals surface area contributed by atoms with Gasteiger partial charge in [-0.25, -0.2) is 0 Å². The Balaban J connectivity index is 1.93. The Morgan fingerprint density at radius 2 is 2.32 bits per heavy atom. The minimum absolute atomic E-state index is 0.254. The van der Waals surface area contributed by atoms with E-state index < -0.39 is 0 Å². The summed E-state index contributed by atoms with van der Waals surface area (Å²) in [7, 11) is 1.70. The maximum atomic E-state index is 5.69. The second kappa shape index (κ2) is 5.40. The fourth-order valence-corrected chi connectivity index (χ4v) is 2.51. The van der Waals surface area contributed by atoms with Crippen LogP contribution in [-0.2, 0) is 11.3 Å². The molecule has 1 aliphatic heterocycles. The molecule has 0 amide bonds. The van der Waals surface area contributed by atoms with Gasteiger partial charge in [0, 0.05) is 19.2 Å². The molecule has 0 fully saturated rings. The first-order chi connectivity index (χ1) is 9.40. The zero-order valence-electron chi connectivity index (χ0n) is 11.0. The van der Waals surface area contributed by atoms with E-state index in [4.69, 9.17) is 9.47 Å². The summed E-state index contributed by atoms with van der Waals surface area (Å²) in [6.45, 7) is 2.16. The second-order valence-electron chi connectivity index (χ2n) is 4.60. The van der Waals surface area contributed by atoms with E-state index in [9.17, 15) is 0 Å². The molecule has 1 aromatic heterocycles. The number of nitrogens with zero attached hydrogens (tertiary/aromatic N) is 3. The van der Waals surface area contributed by atoms with Crippen molar-refractivity contribution in [2.24, 2.45) is 0 Å². The summed E-state index contributed by atoms with van der Waals surface area (Å²) < 4.78 is 12.9. The number of methoxy groups -OCH3 is 1. The summed E-state index contributed by atoms with van der Waals surface area (Å²) in [6.07, 6.45) is 2.70. The third-order valence-electron chi connectivity index (χ3n) is 3.45. The Hall–Kier alpha value is -1.88. The molecule has 5 heteroatoms. The number of hydrogen-bond acceptors (Lipinski definition) is 4. The number of rotatable bonds is 4. The van der Waals surface area contributed by atoms with Crippen LogP contribution in [0.5, 0.6) is 5.75 Å². The molecule has 0 saturated heterocycles. The van der Waals surface area contributed by atoms with E-state index in [0.29, 0.717) is 6.61 Å². The predicted molar refractivity (Wildman–Crippen MR) is 70.3 cm³/mol. The van der Waals surface area contributed by atoms with Gasteiger partial charge in [-0.15, -0.1) is 10.2 Å². The lowest BCUT2D eigenvalue weighted by molar-refractivity contribution is 0.185. The van der Waals surface area contributed by atoms with Crippen molar-refractivity contribution in [1.29, 1.82) is 0 Å². The van der Waals surface area contributed by atoms with E-state index in [0.717, 1.165) is 31.1 Å². The van der Waals surface area contributed by atoms with Gasteiger partial charge in [-0.2, -0.15) is 0 Å². The molecular formula is C14H17N3O2. The standard InChI is InChI=1S/C14H17N3O2/c1-18-9-7-17-10-15-16-14(17)12-6-8-19-13-5-3-2-4-11(12)13/h2-5,10,12H,6-9H2,1H3. The lowest BCUT2D eigenvalue weighted by Gasteiger charge is -2.25.